The van der Waals surface area contributed by atoms with E-state index in [-0.39, 0.29) is 0 Å². The van der Waals surface area contributed by atoms with Crippen LogP contribution in [0.2, 0.25) is 0 Å². The maximum Gasteiger partial charge on any atom is 0.135 e. The molecule has 0 saturated carbocycles. The highest BCUT2D eigenvalue weighted by Crippen LogP contribution is 2.58. The minimum absolute atomic E-state index is 0.521. The van der Waals surface area contributed by atoms with Crippen molar-refractivity contribution in [2.24, 2.45) is 0 Å². The molecule has 26 rings (SSSR count). The van der Waals surface area contributed by atoms with Crippen LogP contribution in [0.3, 0.4) is 0 Å². The molecule has 0 saturated heterocycles. The largest absolute Gasteiger partial charge is 0.456 e. The van der Waals surface area contributed by atoms with E-state index < -0.39 is 5.41 Å². The van der Waals surface area contributed by atoms with E-state index in [1.165, 1.54) is 149 Å². The maximum absolute atomic E-state index is 6.51. The Labute approximate surface area is 777 Å². The summed E-state index contributed by atoms with van der Waals surface area (Å²) in [5, 5.41) is 12.0. The van der Waals surface area contributed by atoms with Crippen molar-refractivity contribution in [2.75, 3.05) is 9.80 Å². The highest BCUT2D eigenvalue weighted by molar-refractivity contribution is 6.13. The van der Waals surface area contributed by atoms with Crippen molar-refractivity contribution in [1.29, 1.82) is 0 Å². The maximum atomic E-state index is 6.51. The molecule has 628 valence electrons. The fourth-order valence-electron chi connectivity index (χ4n) is 21.2. The van der Waals surface area contributed by atoms with Crippen molar-refractivity contribution in [2.45, 2.75) is 5.41 Å². The average Bonchev–Trinajstić information content (AvgIpc) is 1.53. The molecule has 0 amide bonds. The van der Waals surface area contributed by atoms with Gasteiger partial charge in [-0.3, -0.25) is 0 Å². The standard InChI is InChI=1S/C71H48N2.C58H38N2O/c1-4-22-55(23-5-1)71(56-24-6-2-7-25-56)67-32-14-12-29-63(67)64-44-43-60(48-68(64)71)72(59-41-36-51(37-42-59)62-31-17-19-50-18-10-11-28-61(50)62)58-39-34-49(35-40-58)52-20-16-21-53(46-52)54-38-45-70-66(47-54)65-30-13-15-33-69(65)73(70)57-26-8-3-9-27-57;1-3-13-39(14-4-1)40-25-29-47(30-26-40)59(54-24-12-16-41-15-7-8-21-49(41)54)48-31-34-58-53(38-48)52-37-45(28-33-57(52)61-58)43-18-11-17-42(35-43)44-27-32-56-51(36-44)50-22-9-10-23-55(50)60(56)46-19-5-2-6-20-46/h1-48H;1-38H. The monoisotopic (exact) mass is 1710 g/mol. The smallest absolute Gasteiger partial charge is 0.135 e. The molecule has 0 radical (unpaired) electrons. The first-order valence-electron chi connectivity index (χ1n) is 46.1. The molecule has 22 aromatic carbocycles. The van der Waals surface area contributed by atoms with Crippen LogP contribution in [-0.2, 0) is 5.41 Å². The SMILES string of the molecule is c1ccc(-c2ccc(N(c3ccc4oc5ccc(-c6cccc(-c7ccc8c(c7)c7ccccc7n8-c7ccccc7)c6)cc5c4c3)c3cccc4ccccc34)cc2)cc1.c1ccc(-n2c3ccccc3c3cc(-c4cccc(-c5ccc(N(c6ccc(-c7cccc8ccccc78)cc6)c6ccc7c(c6)C(c6ccccc6)(c6ccccc6)c6ccccc6-7)cc5)c4)ccc32)cc1. The van der Waals surface area contributed by atoms with Gasteiger partial charge in [-0.05, 0) is 274 Å². The summed E-state index contributed by atoms with van der Waals surface area (Å²) in [5.74, 6) is 0. The summed E-state index contributed by atoms with van der Waals surface area (Å²) in [6.07, 6.45) is 0. The Bertz CT molecular complexity index is 8730. The van der Waals surface area contributed by atoms with Gasteiger partial charge in [0.25, 0.3) is 0 Å². The predicted molar refractivity (Wildman–Crippen MR) is 563 cm³/mol. The number of benzene rings is 22. The quantitative estimate of drug-likeness (QED) is 0.0966. The lowest BCUT2D eigenvalue weighted by Gasteiger charge is -2.35. The predicted octanol–water partition coefficient (Wildman–Crippen LogP) is 35.1. The fraction of sp³-hybridized carbons (Fsp3) is 0.00775. The fourth-order valence-corrected chi connectivity index (χ4v) is 21.2. The first-order valence-corrected chi connectivity index (χ1v) is 46.1. The van der Waals surface area contributed by atoms with E-state index >= 15 is 0 Å². The Morgan fingerprint density at radius 3 is 1.10 bits per heavy atom. The van der Waals surface area contributed by atoms with E-state index in [4.69, 9.17) is 4.42 Å². The van der Waals surface area contributed by atoms with Crippen molar-refractivity contribution in [1.82, 2.24) is 9.13 Å². The highest BCUT2D eigenvalue weighted by atomic mass is 16.3. The third-order valence-electron chi connectivity index (χ3n) is 27.4. The summed E-state index contributed by atoms with van der Waals surface area (Å²) >= 11 is 0. The number of anilines is 6. The zero-order chi connectivity index (χ0) is 88.6. The summed E-state index contributed by atoms with van der Waals surface area (Å²) in [5.41, 5.74) is 36.7. The van der Waals surface area contributed by atoms with E-state index in [1.807, 2.05) is 0 Å². The Morgan fingerprint density at radius 2 is 0.522 bits per heavy atom. The van der Waals surface area contributed by atoms with Crippen LogP contribution in [0.25, 0.3) is 176 Å². The average molecular weight is 1710 g/mol. The number of para-hydroxylation sites is 4. The summed E-state index contributed by atoms with van der Waals surface area (Å²) in [4.78, 5) is 4.80. The zero-order valence-electron chi connectivity index (χ0n) is 73.3. The molecule has 0 spiro atoms. The molecule has 25 aromatic rings. The van der Waals surface area contributed by atoms with Crippen molar-refractivity contribution < 1.29 is 4.42 Å². The van der Waals surface area contributed by atoms with Gasteiger partial charge in [0.1, 0.15) is 11.2 Å². The van der Waals surface area contributed by atoms with Gasteiger partial charge < -0.3 is 23.4 Å². The van der Waals surface area contributed by atoms with Crippen molar-refractivity contribution in [3.8, 4) is 89.3 Å². The second-order valence-electron chi connectivity index (χ2n) is 35.0. The molecule has 3 heterocycles. The van der Waals surface area contributed by atoms with E-state index in [9.17, 15) is 0 Å². The Hall–Kier alpha value is -17.6. The van der Waals surface area contributed by atoms with Crippen LogP contribution in [0.15, 0.2) is 526 Å². The first-order chi connectivity index (χ1) is 66.4. The van der Waals surface area contributed by atoms with E-state index in [0.717, 1.165) is 84.1 Å². The lowest BCUT2D eigenvalue weighted by molar-refractivity contribution is 0.669. The minimum Gasteiger partial charge on any atom is -0.456 e. The van der Waals surface area contributed by atoms with Gasteiger partial charge in [0.2, 0.25) is 0 Å². The van der Waals surface area contributed by atoms with Gasteiger partial charge in [-0.1, -0.05) is 364 Å². The third kappa shape index (κ3) is 13.6. The summed E-state index contributed by atoms with van der Waals surface area (Å²) in [6, 6.07) is 190. The Balaban J connectivity index is 0.000000146. The van der Waals surface area contributed by atoms with Gasteiger partial charge >= 0.3 is 0 Å². The molecule has 134 heavy (non-hydrogen) atoms. The summed E-state index contributed by atoms with van der Waals surface area (Å²) in [6.45, 7) is 0. The molecule has 0 aliphatic heterocycles. The van der Waals surface area contributed by atoms with Crippen molar-refractivity contribution in [3.63, 3.8) is 0 Å². The van der Waals surface area contributed by atoms with E-state index in [1.54, 1.807) is 0 Å². The number of furan rings is 1. The van der Waals surface area contributed by atoms with Crippen LogP contribution in [0.4, 0.5) is 34.1 Å². The second-order valence-corrected chi connectivity index (χ2v) is 35.0. The third-order valence-corrected chi connectivity index (χ3v) is 27.4. The van der Waals surface area contributed by atoms with Gasteiger partial charge in [0.05, 0.1) is 33.2 Å². The number of rotatable bonds is 16. The summed E-state index contributed by atoms with van der Waals surface area (Å²) < 4.78 is 11.2. The van der Waals surface area contributed by atoms with E-state index in [2.05, 4.69) is 541 Å². The molecule has 0 bridgehead atoms. The zero-order valence-corrected chi connectivity index (χ0v) is 73.3. The lowest BCUT2D eigenvalue weighted by Crippen LogP contribution is -2.28. The molecule has 1 aliphatic rings. The number of hydrogen-bond donors (Lipinski definition) is 0. The highest BCUT2D eigenvalue weighted by Gasteiger charge is 2.46. The number of hydrogen-bond acceptors (Lipinski definition) is 3. The number of nitrogens with zero attached hydrogens (tertiary/aromatic N) is 4. The van der Waals surface area contributed by atoms with Crippen molar-refractivity contribution in [3.05, 3.63) is 544 Å². The van der Waals surface area contributed by atoms with E-state index in [0.29, 0.717) is 0 Å². The van der Waals surface area contributed by atoms with Gasteiger partial charge in [-0.2, -0.15) is 0 Å². The van der Waals surface area contributed by atoms with Crippen LogP contribution >= 0.6 is 0 Å². The van der Waals surface area contributed by atoms with Crippen LogP contribution < -0.4 is 9.80 Å². The minimum atomic E-state index is -0.521. The van der Waals surface area contributed by atoms with Crippen LogP contribution in [-0.4, -0.2) is 9.13 Å². The Morgan fingerprint density at radius 1 is 0.179 bits per heavy atom. The molecular weight excluding hydrogens is 1620 g/mol. The molecule has 0 unspecified atom stereocenters. The topological polar surface area (TPSA) is 29.5 Å². The molecule has 5 heteroatoms. The molecule has 5 nitrogen and oxygen atoms in total. The van der Waals surface area contributed by atoms with Crippen LogP contribution in [0.5, 0.6) is 0 Å². The van der Waals surface area contributed by atoms with Crippen LogP contribution in [0, 0.1) is 0 Å². The van der Waals surface area contributed by atoms with Gasteiger partial charge in [0.15, 0.2) is 0 Å². The van der Waals surface area contributed by atoms with Crippen molar-refractivity contribution >= 4 is 121 Å². The molecular formula is C129H86N4O. The lowest BCUT2D eigenvalue weighted by atomic mass is 9.67. The Kier molecular flexibility index (Phi) is 19.4. The molecule has 0 N–H and O–H groups in total. The number of aromatic nitrogens is 2. The van der Waals surface area contributed by atoms with Gasteiger partial charge in [-0.25, -0.2) is 0 Å². The first kappa shape index (κ1) is 78.6. The normalized spacial score (nSPS) is 12.1. The molecule has 3 aromatic heterocycles. The van der Waals surface area contributed by atoms with Gasteiger partial charge in [0, 0.05) is 77.5 Å². The molecule has 0 fully saturated rings. The molecule has 1 aliphatic carbocycles. The second kappa shape index (κ2) is 33.1. The van der Waals surface area contributed by atoms with Crippen LogP contribution in [0.1, 0.15) is 22.3 Å². The van der Waals surface area contributed by atoms with Gasteiger partial charge in [-0.15, -0.1) is 0 Å². The summed E-state index contributed by atoms with van der Waals surface area (Å²) in [7, 11) is 0. The number of fused-ring (bicyclic) bond motifs is 14. The molecule has 0 atom stereocenters.